The molecule has 0 aliphatic carbocycles. The SMILES string of the molecule is CN1CCN(c2ccc(C(=O)NC3=CC(c4ccc(NS(=O)(=O)c5ccccc5)cc4)=NC3)cc2)CC1. The van der Waals surface area contributed by atoms with E-state index in [-0.39, 0.29) is 10.8 Å². The lowest BCUT2D eigenvalue weighted by Gasteiger charge is -2.34. The van der Waals surface area contributed by atoms with E-state index in [0.29, 0.717) is 17.8 Å². The minimum atomic E-state index is -3.65. The van der Waals surface area contributed by atoms with E-state index in [1.165, 1.54) is 0 Å². The number of amides is 1. The van der Waals surface area contributed by atoms with Crippen LogP contribution in [0.5, 0.6) is 0 Å². The topological polar surface area (TPSA) is 94.1 Å². The third-order valence-corrected chi connectivity index (χ3v) is 7.89. The Hall–Kier alpha value is -3.95. The summed E-state index contributed by atoms with van der Waals surface area (Å²) in [7, 11) is -1.52. The zero-order valence-electron chi connectivity index (χ0n) is 20.6. The van der Waals surface area contributed by atoms with E-state index in [1.807, 2.05) is 30.3 Å². The second kappa shape index (κ2) is 10.6. The third-order valence-electron chi connectivity index (χ3n) is 6.49. The molecule has 0 unspecified atom stereocenters. The van der Waals surface area contributed by atoms with Crippen molar-refractivity contribution in [1.82, 2.24) is 10.2 Å². The number of piperazine rings is 1. The molecule has 2 aliphatic heterocycles. The number of aliphatic imine (C=N–C) groups is 1. The number of carbonyl (C=O) groups excluding carboxylic acids is 1. The monoisotopic (exact) mass is 515 g/mol. The van der Waals surface area contributed by atoms with Gasteiger partial charge >= 0.3 is 0 Å². The molecule has 3 aromatic rings. The summed E-state index contributed by atoms with van der Waals surface area (Å²) in [4.78, 5) is 22.2. The van der Waals surface area contributed by atoms with Gasteiger partial charge in [0.1, 0.15) is 0 Å². The average molecular weight is 516 g/mol. The molecule has 0 radical (unpaired) electrons. The molecule has 190 valence electrons. The van der Waals surface area contributed by atoms with Gasteiger partial charge in [-0.05, 0) is 67.2 Å². The van der Waals surface area contributed by atoms with E-state index in [4.69, 9.17) is 0 Å². The number of anilines is 2. The van der Waals surface area contributed by atoms with Crippen molar-refractivity contribution in [3.05, 3.63) is 102 Å². The number of nitrogens with one attached hydrogen (secondary N) is 2. The van der Waals surface area contributed by atoms with Crippen molar-refractivity contribution in [2.24, 2.45) is 4.99 Å². The van der Waals surface area contributed by atoms with Crippen LogP contribution in [0.2, 0.25) is 0 Å². The van der Waals surface area contributed by atoms with E-state index in [2.05, 4.69) is 31.9 Å². The Morgan fingerprint density at radius 3 is 2.22 bits per heavy atom. The molecule has 8 nitrogen and oxygen atoms in total. The van der Waals surface area contributed by atoms with E-state index in [9.17, 15) is 13.2 Å². The van der Waals surface area contributed by atoms with Crippen LogP contribution in [0.1, 0.15) is 15.9 Å². The lowest BCUT2D eigenvalue weighted by molar-refractivity contribution is 0.0965. The summed E-state index contributed by atoms with van der Waals surface area (Å²) in [6.45, 7) is 4.40. The van der Waals surface area contributed by atoms with Crippen molar-refractivity contribution < 1.29 is 13.2 Å². The maximum atomic E-state index is 12.8. The Bertz CT molecular complexity index is 1430. The van der Waals surface area contributed by atoms with Crippen molar-refractivity contribution in [3.63, 3.8) is 0 Å². The Labute approximate surface area is 217 Å². The fourth-order valence-electron chi connectivity index (χ4n) is 4.31. The Morgan fingerprint density at radius 2 is 1.54 bits per heavy atom. The number of carbonyl (C=O) groups is 1. The molecule has 9 heteroatoms. The predicted molar refractivity (Wildman–Crippen MR) is 147 cm³/mol. The first-order valence-corrected chi connectivity index (χ1v) is 13.6. The van der Waals surface area contributed by atoms with Gasteiger partial charge in [-0.1, -0.05) is 30.3 Å². The average Bonchev–Trinajstić information content (AvgIpc) is 3.38. The number of benzene rings is 3. The first kappa shape index (κ1) is 24.7. The van der Waals surface area contributed by atoms with E-state index in [1.54, 1.807) is 54.6 Å². The van der Waals surface area contributed by atoms with Crippen LogP contribution < -0.4 is 14.9 Å². The highest BCUT2D eigenvalue weighted by Gasteiger charge is 2.17. The van der Waals surface area contributed by atoms with Crippen molar-refractivity contribution in [2.45, 2.75) is 4.90 Å². The van der Waals surface area contributed by atoms with Crippen molar-refractivity contribution >= 4 is 33.0 Å². The van der Waals surface area contributed by atoms with Gasteiger partial charge in [0.2, 0.25) is 0 Å². The third kappa shape index (κ3) is 5.90. The fourth-order valence-corrected chi connectivity index (χ4v) is 5.39. The Balaban J connectivity index is 1.18. The molecule has 2 heterocycles. The normalized spacial score (nSPS) is 16.2. The molecule has 1 amide bonds. The smallest absolute Gasteiger partial charge is 0.261 e. The van der Waals surface area contributed by atoms with Crippen LogP contribution in [0, 0.1) is 0 Å². The highest BCUT2D eigenvalue weighted by Crippen LogP contribution is 2.20. The minimum absolute atomic E-state index is 0.168. The maximum Gasteiger partial charge on any atom is 0.261 e. The zero-order chi connectivity index (χ0) is 25.8. The number of hydrogen-bond acceptors (Lipinski definition) is 6. The van der Waals surface area contributed by atoms with Crippen LogP contribution in [-0.2, 0) is 10.0 Å². The number of sulfonamides is 1. The lowest BCUT2D eigenvalue weighted by Crippen LogP contribution is -2.44. The van der Waals surface area contributed by atoms with Crippen molar-refractivity contribution in [2.75, 3.05) is 49.4 Å². The molecule has 0 aromatic heterocycles. The van der Waals surface area contributed by atoms with Gasteiger partial charge in [0.15, 0.2) is 0 Å². The number of likely N-dealkylation sites (N-methyl/N-ethyl adjacent to an activating group) is 1. The Kier molecular flexibility index (Phi) is 7.07. The van der Waals surface area contributed by atoms with Gasteiger partial charge in [0.25, 0.3) is 15.9 Å². The number of hydrogen-bond donors (Lipinski definition) is 2. The number of rotatable bonds is 7. The van der Waals surface area contributed by atoms with Crippen LogP contribution in [0.15, 0.2) is 101 Å². The quantitative estimate of drug-likeness (QED) is 0.503. The first-order valence-electron chi connectivity index (χ1n) is 12.2. The molecule has 1 fully saturated rings. The van der Waals surface area contributed by atoms with Crippen molar-refractivity contribution in [1.29, 1.82) is 0 Å². The van der Waals surface area contributed by atoms with E-state index >= 15 is 0 Å². The van der Waals surface area contributed by atoms with Crippen LogP contribution in [0.25, 0.3) is 0 Å². The molecular weight excluding hydrogens is 486 g/mol. The molecule has 1 saturated heterocycles. The van der Waals surface area contributed by atoms with E-state index in [0.717, 1.165) is 48.8 Å². The van der Waals surface area contributed by atoms with Crippen LogP contribution >= 0.6 is 0 Å². The summed E-state index contributed by atoms with van der Waals surface area (Å²) in [5.74, 6) is -0.168. The summed E-state index contributed by atoms with van der Waals surface area (Å²) < 4.78 is 27.6. The molecule has 37 heavy (non-hydrogen) atoms. The molecule has 2 N–H and O–H groups in total. The molecule has 0 saturated carbocycles. The molecular formula is C28H29N5O3S. The summed E-state index contributed by atoms with van der Waals surface area (Å²) in [6.07, 6.45) is 1.85. The molecule has 5 rings (SSSR count). The second-order valence-electron chi connectivity index (χ2n) is 9.16. The molecule has 3 aromatic carbocycles. The number of allylic oxidation sites excluding steroid dienone is 1. The summed E-state index contributed by atoms with van der Waals surface area (Å²) in [6, 6.07) is 23.0. The van der Waals surface area contributed by atoms with Crippen molar-refractivity contribution in [3.8, 4) is 0 Å². The van der Waals surface area contributed by atoms with Gasteiger partial charge in [0.05, 0.1) is 17.2 Å². The standard InChI is InChI=1S/C28H29N5O3S/c1-32-15-17-33(18-16-32)25-13-9-22(10-14-25)28(34)30-24-19-27(29-20-24)21-7-11-23(12-8-21)31-37(35,36)26-5-3-2-4-6-26/h2-14,19,31H,15-18,20H2,1H3,(H,30,34). The highest BCUT2D eigenvalue weighted by atomic mass is 32.2. The first-order chi connectivity index (χ1) is 17.9. The van der Waals surface area contributed by atoms with Crippen LogP contribution in [0.3, 0.4) is 0 Å². The minimum Gasteiger partial charge on any atom is -0.369 e. The van der Waals surface area contributed by atoms with Gasteiger partial charge < -0.3 is 15.1 Å². The molecule has 0 atom stereocenters. The highest BCUT2D eigenvalue weighted by molar-refractivity contribution is 7.92. The fraction of sp³-hybridized carbons (Fsp3) is 0.214. The molecule has 2 aliphatic rings. The summed E-state index contributed by atoms with van der Waals surface area (Å²) >= 11 is 0. The second-order valence-corrected chi connectivity index (χ2v) is 10.8. The van der Waals surface area contributed by atoms with Gasteiger partial charge in [0, 0.05) is 48.8 Å². The zero-order valence-corrected chi connectivity index (χ0v) is 21.4. The number of nitrogens with zero attached hydrogens (tertiary/aromatic N) is 3. The Morgan fingerprint density at radius 1 is 0.865 bits per heavy atom. The largest absolute Gasteiger partial charge is 0.369 e. The van der Waals surface area contributed by atoms with E-state index < -0.39 is 10.0 Å². The van der Waals surface area contributed by atoms with Gasteiger partial charge in [-0.25, -0.2) is 8.42 Å². The lowest BCUT2D eigenvalue weighted by atomic mass is 10.1. The molecule has 0 spiro atoms. The van der Waals surface area contributed by atoms with Gasteiger partial charge in [-0.3, -0.25) is 14.5 Å². The van der Waals surface area contributed by atoms with Crippen LogP contribution in [-0.4, -0.2) is 64.7 Å². The molecule has 0 bridgehead atoms. The maximum absolute atomic E-state index is 12.8. The summed E-state index contributed by atoms with van der Waals surface area (Å²) in [5.41, 5.74) is 4.48. The van der Waals surface area contributed by atoms with Gasteiger partial charge in [-0.2, -0.15) is 0 Å². The van der Waals surface area contributed by atoms with Crippen LogP contribution in [0.4, 0.5) is 11.4 Å². The predicted octanol–water partition coefficient (Wildman–Crippen LogP) is 3.36. The summed E-state index contributed by atoms with van der Waals surface area (Å²) in [5, 5.41) is 2.96. The van der Waals surface area contributed by atoms with Gasteiger partial charge in [-0.15, -0.1) is 0 Å².